The SMILES string of the molecule is C.C.CS(=O)(=O)OCl.[Cu+2].c1ccc2c(c1)-c1nc-2nc2[n-]c(nc3nc(nc4[n-]c(n1)c1ccccc41)-c1cccnc1-3)c1ccccc21. The molecule has 49 heavy (non-hydrogen) atoms. The van der Waals surface area contributed by atoms with Crippen LogP contribution in [0.25, 0.3) is 89.8 Å². The van der Waals surface area contributed by atoms with Crippen LogP contribution in [-0.2, 0) is 30.9 Å². The number of hydrogen-bond acceptors (Lipinski definition) is 10. The van der Waals surface area contributed by atoms with Crippen LogP contribution >= 0.6 is 11.9 Å². The maximum absolute atomic E-state index is 9.65. The van der Waals surface area contributed by atoms with Gasteiger partial charge in [0.2, 0.25) is 0 Å². The van der Waals surface area contributed by atoms with Crippen molar-refractivity contribution in [1.29, 1.82) is 0 Å². The summed E-state index contributed by atoms with van der Waals surface area (Å²) in [5.41, 5.74) is 5.30. The third kappa shape index (κ3) is 6.40. The molecule has 0 unspecified atom stereocenters. The van der Waals surface area contributed by atoms with E-state index in [2.05, 4.69) is 20.6 Å². The van der Waals surface area contributed by atoms with Gasteiger partial charge in [-0.25, -0.2) is 9.97 Å². The van der Waals surface area contributed by atoms with E-state index in [1.165, 1.54) is 0 Å². The quantitative estimate of drug-likeness (QED) is 0.160. The maximum Gasteiger partial charge on any atom is 2.00 e. The summed E-state index contributed by atoms with van der Waals surface area (Å²) in [6.45, 7) is 0. The second-order valence-electron chi connectivity index (χ2n) is 10.3. The number of aromatic nitrogens is 9. The molecule has 15 heteroatoms. The summed E-state index contributed by atoms with van der Waals surface area (Å²) in [7, 11) is -3.40. The Balaban J connectivity index is 0.000000481. The second-order valence-corrected chi connectivity index (χ2v) is 12.2. The smallest absolute Gasteiger partial charge is 0.357 e. The minimum absolute atomic E-state index is 0. The first-order valence-corrected chi connectivity index (χ1v) is 15.9. The predicted octanol–water partition coefficient (Wildman–Crippen LogP) is 6.91. The molecule has 9 rings (SSSR count). The van der Waals surface area contributed by atoms with Gasteiger partial charge in [-0.3, -0.25) is 4.98 Å². The van der Waals surface area contributed by atoms with Crippen molar-refractivity contribution < 1.29 is 29.2 Å². The van der Waals surface area contributed by atoms with Crippen LogP contribution in [0.1, 0.15) is 14.9 Å². The van der Waals surface area contributed by atoms with Gasteiger partial charge >= 0.3 is 17.1 Å². The van der Waals surface area contributed by atoms with Crippen molar-refractivity contribution in [2.24, 2.45) is 0 Å². The number of rotatable bonds is 1. The Morgan fingerprint density at radius 3 is 1.33 bits per heavy atom. The Labute approximate surface area is 296 Å². The fourth-order valence-electron chi connectivity index (χ4n) is 5.33. The van der Waals surface area contributed by atoms with Crippen LogP contribution in [0.3, 0.4) is 0 Å². The minimum atomic E-state index is -3.40. The normalized spacial score (nSPS) is 11.2. The van der Waals surface area contributed by atoms with Gasteiger partial charge in [0.15, 0.2) is 0 Å². The van der Waals surface area contributed by atoms with Crippen molar-refractivity contribution in [2.75, 3.05) is 6.26 Å². The number of halogens is 1. The number of nitrogens with zero attached hydrogens (tertiary/aromatic N) is 9. The average Bonchev–Trinajstić information content (AvgIpc) is 3.80. The van der Waals surface area contributed by atoms with E-state index in [0.29, 0.717) is 51.6 Å². The van der Waals surface area contributed by atoms with Gasteiger partial charge in [0.05, 0.1) is 35.6 Å². The van der Waals surface area contributed by atoms with Crippen LogP contribution in [0.15, 0.2) is 91.1 Å². The van der Waals surface area contributed by atoms with Crippen LogP contribution in [0.4, 0.5) is 0 Å². The van der Waals surface area contributed by atoms with Gasteiger partial charge < -0.3 is 29.9 Å². The van der Waals surface area contributed by atoms with Gasteiger partial charge in [-0.2, -0.15) is 12.2 Å². The van der Waals surface area contributed by atoms with E-state index in [1.807, 2.05) is 84.9 Å². The van der Waals surface area contributed by atoms with E-state index in [1.54, 1.807) is 6.20 Å². The van der Waals surface area contributed by atoms with Crippen molar-refractivity contribution in [3.63, 3.8) is 0 Å². The molecular formula is C34H26ClCuN9O3S. The Morgan fingerprint density at radius 2 is 0.898 bits per heavy atom. The van der Waals surface area contributed by atoms with Gasteiger partial charge in [-0.15, -0.1) is 0 Å². The number of fused-ring (bicyclic) bond motifs is 20. The van der Waals surface area contributed by atoms with E-state index in [9.17, 15) is 8.42 Å². The molecule has 0 spiro atoms. The van der Waals surface area contributed by atoms with Crippen LogP contribution in [0.2, 0.25) is 0 Å². The molecule has 4 aromatic heterocycles. The number of hydrogen-bond donors (Lipinski definition) is 0. The third-order valence-corrected chi connectivity index (χ3v) is 8.21. The molecule has 2 aliphatic rings. The average molecular weight is 740 g/mol. The summed E-state index contributed by atoms with van der Waals surface area (Å²) in [5.74, 6) is 2.01. The van der Waals surface area contributed by atoms with Crippen LogP contribution in [-0.4, -0.2) is 49.6 Å². The fourth-order valence-corrected chi connectivity index (χ4v) is 5.33. The molecule has 0 aliphatic carbocycles. The number of benzene rings is 3. The van der Waals surface area contributed by atoms with E-state index in [-0.39, 0.29) is 31.9 Å². The predicted molar refractivity (Wildman–Crippen MR) is 187 cm³/mol. The van der Waals surface area contributed by atoms with Crippen molar-refractivity contribution in [2.45, 2.75) is 14.9 Å². The summed E-state index contributed by atoms with van der Waals surface area (Å²) in [6, 6.07) is 27.5. The zero-order chi connectivity index (χ0) is 31.4. The van der Waals surface area contributed by atoms with E-state index in [4.69, 9.17) is 39.9 Å². The molecule has 0 amide bonds. The summed E-state index contributed by atoms with van der Waals surface area (Å²) >= 11 is 4.39. The molecule has 0 atom stereocenters. The molecule has 0 fully saturated rings. The van der Waals surface area contributed by atoms with E-state index >= 15 is 0 Å². The zero-order valence-electron chi connectivity index (χ0n) is 24.0. The Kier molecular flexibility index (Phi) is 9.90. The number of pyridine rings is 1. The first-order valence-electron chi connectivity index (χ1n) is 13.8. The van der Waals surface area contributed by atoms with Crippen molar-refractivity contribution in [1.82, 2.24) is 44.9 Å². The molecule has 2 aliphatic heterocycles. The summed E-state index contributed by atoms with van der Waals surface area (Å²) in [5, 5.41) is 3.49. The fraction of sp³-hybridized carbons (Fsp3) is 0.0882. The standard InChI is InChI=1S/C31H15N9.CH3ClO3S.2CH4.Cu/c1-2-9-17-16(8-1)24-33-25(17)35-27-20-12-5-6-13-21(20)29(37-27)39-31-23-22(14-7-15-32-23)30(40-31)38-28-19-11-4-3-10-18(19)26(34-24)36-28;1-6(3,4)5-2;;;/h1-15H;1H3;2*1H4;/q-2;;;;+2. The Hall–Kier alpha value is -5.11. The zero-order valence-corrected chi connectivity index (χ0v) is 26.5. The minimum Gasteiger partial charge on any atom is -0.357 e. The first kappa shape index (κ1) is 35.2. The Bertz CT molecular complexity index is 2330. The molecule has 0 saturated carbocycles. The van der Waals surface area contributed by atoms with Crippen LogP contribution in [0.5, 0.6) is 0 Å². The largest absolute Gasteiger partial charge is 2.00 e. The molecule has 1 radical (unpaired) electrons. The van der Waals surface area contributed by atoms with Gasteiger partial charge in [-0.1, -0.05) is 87.6 Å². The molecule has 0 N–H and O–H groups in total. The molecule has 0 saturated heterocycles. The van der Waals surface area contributed by atoms with Crippen molar-refractivity contribution in [3.05, 3.63) is 91.1 Å². The molecule has 249 valence electrons. The molecule has 6 heterocycles. The molecule has 3 aromatic carbocycles. The van der Waals surface area contributed by atoms with Gasteiger partial charge in [0.1, 0.15) is 11.5 Å². The molecule has 8 bridgehead atoms. The molecule has 12 nitrogen and oxygen atoms in total. The molecule has 7 aromatic rings. The van der Waals surface area contributed by atoms with Gasteiger partial charge in [0.25, 0.3) is 10.1 Å². The Morgan fingerprint density at radius 1 is 0.551 bits per heavy atom. The first-order chi connectivity index (χ1) is 22.4. The third-order valence-electron chi connectivity index (χ3n) is 7.30. The summed E-state index contributed by atoms with van der Waals surface area (Å²) < 4.78 is 22.7. The molecular weight excluding hydrogens is 713 g/mol. The van der Waals surface area contributed by atoms with Crippen LogP contribution in [0, 0.1) is 0 Å². The van der Waals surface area contributed by atoms with E-state index in [0.717, 1.165) is 44.5 Å². The topological polar surface area (TPSA) is 162 Å². The van der Waals surface area contributed by atoms with E-state index < -0.39 is 10.1 Å². The van der Waals surface area contributed by atoms with Gasteiger partial charge in [0, 0.05) is 45.5 Å². The van der Waals surface area contributed by atoms with Crippen LogP contribution < -0.4 is 9.97 Å². The van der Waals surface area contributed by atoms with Crippen molar-refractivity contribution in [3.8, 4) is 45.7 Å². The monoisotopic (exact) mass is 738 g/mol. The second kappa shape index (κ2) is 13.8. The summed E-state index contributed by atoms with van der Waals surface area (Å²) in [4.78, 5) is 43.6. The van der Waals surface area contributed by atoms with Gasteiger partial charge in [-0.05, 0) is 33.7 Å². The maximum atomic E-state index is 9.65. The van der Waals surface area contributed by atoms with Crippen molar-refractivity contribution >= 4 is 66.1 Å². The summed E-state index contributed by atoms with van der Waals surface area (Å²) in [6.07, 6.45) is 2.59.